The third-order valence-corrected chi connectivity index (χ3v) is 9.48. The Balaban J connectivity index is 1.05. The lowest BCUT2D eigenvalue weighted by Crippen LogP contribution is -1.87. The first-order valence-corrected chi connectivity index (χ1v) is 15.9. The van der Waals surface area contributed by atoms with Crippen LogP contribution in [0.15, 0.2) is 182 Å². The van der Waals surface area contributed by atoms with Crippen LogP contribution in [-0.4, -0.2) is 0 Å². The minimum atomic E-state index is 1.22. The summed E-state index contributed by atoms with van der Waals surface area (Å²) in [6, 6.07) is 66.5. The van der Waals surface area contributed by atoms with Gasteiger partial charge in [0.2, 0.25) is 0 Å². The summed E-state index contributed by atoms with van der Waals surface area (Å²) < 4.78 is 0. The molecule has 0 N–H and O–H groups in total. The molecule has 0 unspecified atom stereocenters. The fourth-order valence-corrected chi connectivity index (χ4v) is 7.15. The molecule has 9 rings (SSSR count). The monoisotopic (exact) mass is 582 g/mol. The zero-order valence-electron chi connectivity index (χ0n) is 25.3. The van der Waals surface area contributed by atoms with Gasteiger partial charge in [-0.25, -0.2) is 0 Å². The maximum absolute atomic E-state index is 2.33. The van der Waals surface area contributed by atoms with E-state index in [4.69, 9.17) is 0 Å². The molecule has 0 atom stereocenters. The van der Waals surface area contributed by atoms with E-state index in [0.717, 1.165) is 0 Å². The minimum absolute atomic E-state index is 1.22. The highest BCUT2D eigenvalue weighted by Gasteiger charge is 2.11. The SMILES string of the molecule is c1ccc2cc(-c3cccc4c(-c5ccc(-c6ccc(-c7cc8ccccc8c8ccccc78)cc6)cc5)cccc34)ccc2c1. The van der Waals surface area contributed by atoms with Crippen LogP contribution in [0.2, 0.25) is 0 Å². The van der Waals surface area contributed by atoms with E-state index in [-0.39, 0.29) is 0 Å². The third kappa shape index (κ3) is 4.47. The van der Waals surface area contributed by atoms with Crippen LogP contribution in [0.25, 0.3) is 87.6 Å². The second kappa shape index (κ2) is 10.9. The second-order valence-electron chi connectivity index (χ2n) is 12.1. The lowest BCUT2D eigenvalue weighted by Gasteiger charge is -2.13. The van der Waals surface area contributed by atoms with Crippen LogP contribution >= 0.6 is 0 Å². The average molecular weight is 583 g/mol. The maximum Gasteiger partial charge on any atom is -0.00990 e. The molecule has 0 saturated heterocycles. The molecule has 0 nitrogen and oxygen atoms in total. The van der Waals surface area contributed by atoms with Crippen LogP contribution in [0.1, 0.15) is 0 Å². The molecule has 0 amide bonds. The summed E-state index contributed by atoms with van der Waals surface area (Å²) in [6.45, 7) is 0. The van der Waals surface area contributed by atoms with Crippen LogP contribution in [0, 0.1) is 0 Å². The summed E-state index contributed by atoms with van der Waals surface area (Å²) in [4.78, 5) is 0. The Kier molecular flexibility index (Phi) is 6.25. The van der Waals surface area contributed by atoms with E-state index in [0.29, 0.717) is 0 Å². The van der Waals surface area contributed by atoms with E-state index in [2.05, 4.69) is 182 Å². The van der Waals surface area contributed by atoms with Crippen LogP contribution in [0.5, 0.6) is 0 Å². The number of benzene rings is 9. The molecule has 9 aromatic carbocycles. The van der Waals surface area contributed by atoms with Crippen molar-refractivity contribution in [1.82, 2.24) is 0 Å². The molecule has 0 aromatic heterocycles. The number of hydrogen-bond donors (Lipinski definition) is 0. The van der Waals surface area contributed by atoms with Gasteiger partial charge in [-0.1, -0.05) is 170 Å². The van der Waals surface area contributed by atoms with Crippen LogP contribution < -0.4 is 0 Å². The summed E-state index contributed by atoms with van der Waals surface area (Å²) in [5.74, 6) is 0. The van der Waals surface area contributed by atoms with Crippen molar-refractivity contribution in [3.05, 3.63) is 182 Å². The summed E-state index contributed by atoms with van der Waals surface area (Å²) in [6.07, 6.45) is 0. The van der Waals surface area contributed by atoms with Gasteiger partial charge in [0.25, 0.3) is 0 Å². The topological polar surface area (TPSA) is 0 Å². The molecule has 0 heterocycles. The zero-order valence-corrected chi connectivity index (χ0v) is 25.3. The lowest BCUT2D eigenvalue weighted by molar-refractivity contribution is 1.59. The Hall–Kier alpha value is -5.98. The highest BCUT2D eigenvalue weighted by molar-refractivity contribution is 6.13. The number of rotatable bonds is 4. The average Bonchev–Trinajstić information content (AvgIpc) is 3.14. The smallest absolute Gasteiger partial charge is 0.00990 e. The van der Waals surface area contributed by atoms with Crippen molar-refractivity contribution >= 4 is 43.1 Å². The first kappa shape index (κ1) is 26.4. The fraction of sp³-hybridized carbons (Fsp3) is 0. The van der Waals surface area contributed by atoms with Gasteiger partial charge in [0, 0.05) is 0 Å². The molecule has 0 saturated carbocycles. The molecule has 0 fully saturated rings. The van der Waals surface area contributed by atoms with E-state index < -0.39 is 0 Å². The Bertz CT molecular complexity index is 2550. The molecule has 0 aliphatic rings. The normalized spacial score (nSPS) is 11.5. The molecule has 0 aliphatic carbocycles. The van der Waals surface area contributed by atoms with Gasteiger partial charge in [0.1, 0.15) is 0 Å². The molecular weight excluding hydrogens is 553 g/mol. The Morgan fingerprint density at radius 1 is 0.196 bits per heavy atom. The van der Waals surface area contributed by atoms with E-state index in [1.54, 1.807) is 0 Å². The molecular formula is C46H30. The number of hydrogen-bond acceptors (Lipinski definition) is 0. The largest absolute Gasteiger partial charge is 0.0616 e. The Morgan fingerprint density at radius 2 is 0.630 bits per heavy atom. The molecule has 0 radical (unpaired) electrons. The minimum Gasteiger partial charge on any atom is -0.0616 e. The van der Waals surface area contributed by atoms with Gasteiger partial charge in [-0.05, 0) is 99.7 Å². The first-order valence-electron chi connectivity index (χ1n) is 15.9. The summed E-state index contributed by atoms with van der Waals surface area (Å²) >= 11 is 0. The molecule has 0 aliphatic heterocycles. The quantitative estimate of drug-likeness (QED) is 0.181. The maximum atomic E-state index is 2.33. The summed E-state index contributed by atoms with van der Waals surface area (Å²) in [5.41, 5.74) is 9.94. The van der Waals surface area contributed by atoms with Gasteiger partial charge < -0.3 is 0 Å². The Labute approximate surface area is 268 Å². The van der Waals surface area contributed by atoms with E-state index in [1.807, 2.05) is 0 Å². The summed E-state index contributed by atoms with van der Waals surface area (Å²) in [7, 11) is 0. The predicted octanol–water partition coefficient (Wildman–Crippen LogP) is 13.0. The first-order chi connectivity index (χ1) is 22.8. The standard InChI is InChI=1S/C46H30/c1-2-10-36-29-38(28-23-31(36)9-1)41-16-8-17-43-39(15-7-18-44(41)43)34-24-19-32(20-25-34)33-21-26-35(27-22-33)46-30-37-11-3-4-12-40(37)42-13-5-6-14-45(42)46/h1-30H. The van der Waals surface area contributed by atoms with E-state index in [1.165, 1.54) is 87.6 Å². The zero-order chi connectivity index (χ0) is 30.5. The second-order valence-corrected chi connectivity index (χ2v) is 12.1. The van der Waals surface area contributed by atoms with Crippen molar-refractivity contribution < 1.29 is 0 Å². The van der Waals surface area contributed by atoms with Crippen molar-refractivity contribution in [3.8, 4) is 44.5 Å². The highest BCUT2D eigenvalue weighted by Crippen LogP contribution is 2.38. The van der Waals surface area contributed by atoms with E-state index >= 15 is 0 Å². The van der Waals surface area contributed by atoms with Gasteiger partial charge >= 0.3 is 0 Å². The van der Waals surface area contributed by atoms with E-state index in [9.17, 15) is 0 Å². The molecule has 9 aromatic rings. The van der Waals surface area contributed by atoms with Crippen molar-refractivity contribution in [3.63, 3.8) is 0 Å². The van der Waals surface area contributed by atoms with Gasteiger partial charge in [0.15, 0.2) is 0 Å². The van der Waals surface area contributed by atoms with Crippen molar-refractivity contribution in [2.24, 2.45) is 0 Å². The van der Waals surface area contributed by atoms with Crippen LogP contribution in [-0.2, 0) is 0 Å². The van der Waals surface area contributed by atoms with Gasteiger partial charge in [-0.3, -0.25) is 0 Å². The van der Waals surface area contributed by atoms with Gasteiger partial charge in [-0.15, -0.1) is 0 Å². The molecule has 0 heteroatoms. The molecule has 0 spiro atoms. The molecule has 214 valence electrons. The van der Waals surface area contributed by atoms with Gasteiger partial charge in [0.05, 0.1) is 0 Å². The summed E-state index contributed by atoms with van der Waals surface area (Å²) in [5, 5.41) is 10.2. The van der Waals surface area contributed by atoms with Crippen molar-refractivity contribution in [2.75, 3.05) is 0 Å². The van der Waals surface area contributed by atoms with Crippen LogP contribution in [0.3, 0.4) is 0 Å². The number of fused-ring (bicyclic) bond motifs is 5. The van der Waals surface area contributed by atoms with Crippen LogP contribution in [0.4, 0.5) is 0 Å². The molecule has 0 bridgehead atoms. The fourth-order valence-electron chi connectivity index (χ4n) is 7.15. The lowest BCUT2D eigenvalue weighted by atomic mass is 9.91. The predicted molar refractivity (Wildman–Crippen MR) is 198 cm³/mol. The third-order valence-electron chi connectivity index (χ3n) is 9.48. The molecule has 46 heavy (non-hydrogen) atoms. The van der Waals surface area contributed by atoms with Crippen molar-refractivity contribution in [1.29, 1.82) is 0 Å². The Morgan fingerprint density at radius 3 is 1.30 bits per heavy atom. The van der Waals surface area contributed by atoms with Crippen molar-refractivity contribution in [2.45, 2.75) is 0 Å². The van der Waals surface area contributed by atoms with Gasteiger partial charge in [-0.2, -0.15) is 0 Å². The highest BCUT2D eigenvalue weighted by atomic mass is 14.1.